The Morgan fingerprint density at radius 3 is 2.73 bits per heavy atom. The van der Waals surface area contributed by atoms with Gasteiger partial charge >= 0.3 is 0 Å². The van der Waals surface area contributed by atoms with Crippen LogP contribution in [0.5, 0.6) is 0 Å². The molecular weight excluding hydrogens is 464 g/mol. The normalized spacial score (nSPS) is 16.2. The lowest BCUT2D eigenvalue weighted by Gasteiger charge is -2.21. The Labute approximate surface area is 213 Å². The van der Waals surface area contributed by atoms with E-state index in [1.807, 2.05) is 79.3 Å². The Morgan fingerprint density at radius 2 is 1.92 bits per heavy atom. The maximum Gasteiger partial charge on any atom is 0.262 e. The molecule has 0 radical (unpaired) electrons. The van der Waals surface area contributed by atoms with Crippen LogP contribution in [0.2, 0.25) is 0 Å². The van der Waals surface area contributed by atoms with E-state index >= 15 is 0 Å². The fourth-order valence-corrected chi connectivity index (χ4v) is 5.33. The van der Waals surface area contributed by atoms with Crippen LogP contribution in [0.1, 0.15) is 17.9 Å². The van der Waals surface area contributed by atoms with E-state index in [4.69, 9.17) is 15.4 Å². The van der Waals surface area contributed by atoms with Gasteiger partial charge < -0.3 is 15.6 Å². The zero-order chi connectivity index (χ0) is 25.5. The summed E-state index contributed by atoms with van der Waals surface area (Å²) in [7, 11) is 1.86. The van der Waals surface area contributed by atoms with Gasteiger partial charge in [0.05, 0.1) is 28.7 Å². The van der Waals surface area contributed by atoms with Crippen LogP contribution in [-0.2, 0) is 6.54 Å². The number of aryl methyl sites for hydroxylation is 1. The molecule has 0 amide bonds. The molecule has 1 aliphatic heterocycles. The summed E-state index contributed by atoms with van der Waals surface area (Å²) in [5, 5.41) is 17.1. The van der Waals surface area contributed by atoms with E-state index in [2.05, 4.69) is 15.3 Å². The molecule has 0 bridgehead atoms. The lowest BCUT2D eigenvalue weighted by atomic mass is 10.0. The van der Waals surface area contributed by atoms with Crippen molar-refractivity contribution in [2.45, 2.75) is 19.9 Å². The average molecular weight is 493 g/mol. The second kappa shape index (κ2) is 9.16. The van der Waals surface area contributed by atoms with Gasteiger partial charge in [0.15, 0.2) is 5.82 Å². The molecule has 2 N–H and O–H groups in total. The van der Waals surface area contributed by atoms with Crippen LogP contribution in [0, 0.1) is 18.3 Å². The van der Waals surface area contributed by atoms with Crippen molar-refractivity contribution in [1.29, 1.82) is 5.41 Å². The van der Waals surface area contributed by atoms with Crippen molar-refractivity contribution in [1.82, 2.24) is 29.5 Å². The van der Waals surface area contributed by atoms with Gasteiger partial charge in [0, 0.05) is 49.9 Å². The molecule has 0 spiro atoms. The van der Waals surface area contributed by atoms with E-state index in [1.165, 1.54) is 6.21 Å². The molecule has 4 heterocycles. The molecule has 9 heteroatoms. The van der Waals surface area contributed by atoms with Crippen molar-refractivity contribution >= 4 is 39.5 Å². The summed E-state index contributed by atoms with van der Waals surface area (Å²) in [5.74, 6) is 1.69. The second-order valence-electron chi connectivity index (χ2n) is 9.45. The molecule has 37 heavy (non-hydrogen) atoms. The molecule has 1 aliphatic rings. The Bertz CT molecular complexity index is 1750. The van der Waals surface area contributed by atoms with Gasteiger partial charge in [-0.2, -0.15) is 5.10 Å². The van der Waals surface area contributed by atoms with Crippen LogP contribution >= 0.6 is 0 Å². The van der Waals surface area contributed by atoms with Crippen LogP contribution in [0.3, 0.4) is 0 Å². The van der Waals surface area contributed by atoms with Crippen LogP contribution in [0.4, 0.5) is 5.82 Å². The van der Waals surface area contributed by atoms with E-state index < -0.39 is 0 Å². The largest absolute Gasteiger partial charge is 0.394 e. The number of benzene rings is 2. The number of rotatable bonds is 6. The maximum atomic E-state index is 13.6. The van der Waals surface area contributed by atoms with Crippen LogP contribution in [0.15, 0.2) is 71.2 Å². The number of para-hydroxylation sites is 2. The minimum absolute atomic E-state index is 0.0876. The predicted octanol–water partition coefficient (Wildman–Crippen LogP) is 3.53. The molecule has 0 aliphatic carbocycles. The standard InChI is InChI=1S/C28H28N8O/c1-18-13-26-35(28(37)22-8-4-6-10-24(22)36(26)33-18)17-25-31-23-9-5-3-7-21(23)27(32-25)34-12-11-19(16-34)20(14-29)15-30-2/h3-10,13-15,19,29-30H,11-12,16-17H2,1-2H3/b20-15+,29-14?. The number of hydrogen-bond donors (Lipinski definition) is 2. The lowest BCUT2D eigenvalue weighted by Crippen LogP contribution is -2.26. The third-order valence-corrected chi connectivity index (χ3v) is 7.06. The lowest BCUT2D eigenvalue weighted by molar-refractivity contribution is 0.708. The number of hydrogen-bond acceptors (Lipinski definition) is 7. The molecule has 1 unspecified atom stereocenters. The highest BCUT2D eigenvalue weighted by molar-refractivity contribution is 5.90. The number of fused-ring (bicyclic) bond motifs is 4. The number of anilines is 1. The van der Waals surface area contributed by atoms with E-state index in [1.54, 1.807) is 4.57 Å². The molecule has 186 valence electrons. The van der Waals surface area contributed by atoms with Gasteiger partial charge in [-0.3, -0.25) is 9.36 Å². The molecule has 0 saturated carbocycles. The van der Waals surface area contributed by atoms with Crippen LogP contribution < -0.4 is 15.8 Å². The van der Waals surface area contributed by atoms with E-state index in [0.717, 1.165) is 53.0 Å². The highest BCUT2D eigenvalue weighted by Gasteiger charge is 2.27. The summed E-state index contributed by atoms with van der Waals surface area (Å²) in [6.45, 7) is 3.77. The summed E-state index contributed by atoms with van der Waals surface area (Å²) in [6, 6.07) is 17.5. The zero-order valence-electron chi connectivity index (χ0n) is 20.8. The van der Waals surface area contributed by atoms with Crippen molar-refractivity contribution in [3.63, 3.8) is 0 Å². The summed E-state index contributed by atoms with van der Waals surface area (Å²) < 4.78 is 3.54. The first-order valence-corrected chi connectivity index (χ1v) is 12.4. The third-order valence-electron chi connectivity index (χ3n) is 7.06. The Balaban J connectivity index is 1.46. The fraction of sp³-hybridized carbons (Fsp3) is 0.250. The highest BCUT2D eigenvalue weighted by atomic mass is 16.1. The van der Waals surface area contributed by atoms with Gasteiger partial charge in [-0.25, -0.2) is 14.5 Å². The Hall–Kier alpha value is -4.53. The molecule has 3 aromatic heterocycles. The molecule has 1 saturated heterocycles. The van der Waals surface area contributed by atoms with Gasteiger partial charge in [-0.1, -0.05) is 24.3 Å². The van der Waals surface area contributed by atoms with Gasteiger partial charge in [0.25, 0.3) is 5.56 Å². The number of aromatic nitrogens is 5. The number of nitrogens with zero attached hydrogens (tertiary/aromatic N) is 6. The molecule has 2 aromatic carbocycles. The SMILES string of the molecule is CN/C=C(\C=N)C1CCN(c2nc(Cn3c(=O)c4ccccc4n4nc(C)cc34)nc3ccccc23)C1. The van der Waals surface area contributed by atoms with Crippen molar-refractivity contribution < 1.29 is 0 Å². The smallest absolute Gasteiger partial charge is 0.262 e. The molecule has 6 rings (SSSR count). The topological polar surface area (TPSA) is 104 Å². The average Bonchev–Trinajstić information content (AvgIpc) is 3.56. The van der Waals surface area contributed by atoms with E-state index in [9.17, 15) is 4.79 Å². The predicted molar refractivity (Wildman–Crippen MR) is 147 cm³/mol. The van der Waals surface area contributed by atoms with Crippen molar-refractivity contribution in [2.24, 2.45) is 5.92 Å². The maximum absolute atomic E-state index is 13.6. The van der Waals surface area contributed by atoms with Gasteiger partial charge in [-0.15, -0.1) is 0 Å². The highest BCUT2D eigenvalue weighted by Crippen LogP contribution is 2.31. The Kier molecular flexibility index (Phi) is 5.67. The summed E-state index contributed by atoms with van der Waals surface area (Å²) in [6.07, 6.45) is 4.27. The van der Waals surface area contributed by atoms with Crippen molar-refractivity contribution in [3.05, 3.63) is 88.2 Å². The van der Waals surface area contributed by atoms with Crippen molar-refractivity contribution in [3.8, 4) is 0 Å². The minimum atomic E-state index is -0.0876. The molecule has 9 nitrogen and oxygen atoms in total. The molecule has 5 aromatic rings. The summed E-state index contributed by atoms with van der Waals surface area (Å²) >= 11 is 0. The van der Waals surface area contributed by atoms with Crippen LogP contribution in [-0.4, -0.2) is 50.5 Å². The summed E-state index contributed by atoms with van der Waals surface area (Å²) in [5.41, 5.74) is 4.07. The first-order valence-electron chi connectivity index (χ1n) is 12.4. The second-order valence-corrected chi connectivity index (χ2v) is 9.45. The molecule has 1 atom stereocenters. The zero-order valence-corrected chi connectivity index (χ0v) is 20.8. The quantitative estimate of drug-likeness (QED) is 0.352. The van der Waals surface area contributed by atoms with E-state index in [0.29, 0.717) is 16.9 Å². The fourth-order valence-electron chi connectivity index (χ4n) is 5.33. The van der Waals surface area contributed by atoms with Gasteiger partial charge in [0.2, 0.25) is 0 Å². The third kappa shape index (κ3) is 3.92. The van der Waals surface area contributed by atoms with Gasteiger partial charge in [0.1, 0.15) is 11.5 Å². The minimum Gasteiger partial charge on any atom is -0.394 e. The number of nitrogens with one attached hydrogen (secondary N) is 2. The van der Waals surface area contributed by atoms with Crippen molar-refractivity contribution in [2.75, 3.05) is 25.0 Å². The Morgan fingerprint density at radius 1 is 1.14 bits per heavy atom. The monoisotopic (exact) mass is 492 g/mol. The first-order chi connectivity index (χ1) is 18.1. The molecular formula is C28H28N8O. The molecule has 1 fully saturated rings. The van der Waals surface area contributed by atoms with Gasteiger partial charge in [-0.05, 0) is 43.2 Å². The first kappa shape index (κ1) is 22.9. The van der Waals surface area contributed by atoms with E-state index in [-0.39, 0.29) is 18.0 Å². The van der Waals surface area contributed by atoms with Crippen LogP contribution in [0.25, 0.3) is 27.5 Å². The summed E-state index contributed by atoms with van der Waals surface area (Å²) in [4.78, 5) is 25.7.